The third kappa shape index (κ3) is 5.36. The van der Waals surface area contributed by atoms with Crippen LogP contribution in [0.1, 0.15) is 6.42 Å². The van der Waals surface area contributed by atoms with E-state index in [4.69, 9.17) is 14.6 Å². The molecule has 0 unspecified atom stereocenters. The summed E-state index contributed by atoms with van der Waals surface area (Å²) in [6.07, 6.45) is 2.23. The number of anilines is 1. The van der Waals surface area contributed by atoms with Gasteiger partial charge in [-0.1, -0.05) is 0 Å². The zero-order valence-electron chi connectivity index (χ0n) is 12.7. The van der Waals surface area contributed by atoms with E-state index in [0.717, 1.165) is 0 Å². The number of carbonyl (C=O) groups is 2. The van der Waals surface area contributed by atoms with Crippen molar-refractivity contribution in [2.45, 2.75) is 12.5 Å². The van der Waals surface area contributed by atoms with Gasteiger partial charge in [-0.15, -0.1) is 0 Å². The standard InChI is InChI=1S/C14H20N2O5S/c1-20-9-4-5-10(12(8-9)21-2)15-14(19)16-11(13(17)18)6-7-22-3/h4-5,8,11H,6-7H2,1-3H3,(H,17,18)(H2,15,16,19)/t11-/m0/s1. The van der Waals surface area contributed by atoms with E-state index in [1.165, 1.54) is 26.0 Å². The van der Waals surface area contributed by atoms with Gasteiger partial charge < -0.3 is 25.2 Å². The van der Waals surface area contributed by atoms with Crippen LogP contribution in [0, 0.1) is 0 Å². The smallest absolute Gasteiger partial charge is 0.326 e. The summed E-state index contributed by atoms with van der Waals surface area (Å²) in [6.45, 7) is 0. The SMILES string of the molecule is COc1ccc(NC(=O)N[C@@H](CCSC)C(=O)O)c(OC)c1. The topological polar surface area (TPSA) is 96.9 Å². The number of amides is 2. The average molecular weight is 328 g/mol. The van der Waals surface area contributed by atoms with Crippen LogP contribution < -0.4 is 20.1 Å². The van der Waals surface area contributed by atoms with Crippen molar-refractivity contribution in [3.63, 3.8) is 0 Å². The van der Waals surface area contributed by atoms with Gasteiger partial charge in [-0.3, -0.25) is 0 Å². The van der Waals surface area contributed by atoms with Gasteiger partial charge in [0.25, 0.3) is 0 Å². The highest BCUT2D eigenvalue weighted by Gasteiger charge is 2.20. The number of benzene rings is 1. The fourth-order valence-electron chi connectivity index (χ4n) is 1.71. The molecule has 0 bridgehead atoms. The molecule has 0 heterocycles. The number of thioether (sulfide) groups is 1. The number of methoxy groups -OCH3 is 2. The van der Waals surface area contributed by atoms with E-state index in [0.29, 0.717) is 29.4 Å². The van der Waals surface area contributed by atoms with Gasteiger partial charge in [0.1, 0.15) is 17.5 Å². The number of carbonyl (C=O) groups excluding carboxylic acids is 1. The molecule has 0 aromatic heterocycles. The van der Waals surface area contributed by atoms with Crippen LogP contribution in [0.25, 0.3) is 0 Å². The summed E-state index contributed by atoms with van der Waals surface area (Å²) in [5.74, 6) is 0.589. The average Bonchev–Trinajstić information content (AvgIpc) is 2.51. The number of rotatable bonds is 8. The van der Waals surface area contributed by atoms with Crippen LogP contribution in [0.15, 0.2) is 18.2 Å². The number of hydrogen-bond acceptors (Lipinski definition) is 5. The molecular formula is C14H20N2O5S. The van der Waals surface area contributed by atoms with Gasteiger partial charge in [-0.25, -0.2) is 9.59 Å². The summed E-state index contributed by atoms with van der Waals surface area (Å²) in [5, 5.41) is 14.1. The Kier molecular flexibility index (Phi) is 7.38. The molecule has 1 aromatic carbocycles. The lowest BCUT2D eigenvalue weighted by molar-refractivity contribution is -0.139. The lowest BCUT2D eigenvalue weighted by Gasteiger charge is -2.16. The van der Waals surface area contributed by atoms with E-state index in [-0.39, 0.29) is 0 Å². The molecule has 0 radical (unpaired) electrons. The number of urea groups is 1. The van der Waals surface area contributed by atoms with E-state index >= 15 is 0 Å². The summed E-state index contributed by atoms with van der Waals surface area (Å²) in [4.78, 5) is 23.0. The Hall–Kier alpha value is -2.09. The Morgan fingerprint density at radius 1 is 1.32 bits per heavy atom. The fourth-order valence-corrected chi connectivity index (χ4v) is 2.18. The molecule has 0 spiro atoms. The first-order valence-electron chi connectivity index (χ1n) is 6.53. The number of ether oxygens (including phenoxy) is 2. The molecule has 0 aliphatic heterocycles. The molecule has 7 nitrogen and oxygen atoms in total. The van der Waals surface area contributed by atoms with Gasteiger partial charge in [0.15, 0.2) is 0 Å². The minimum absolute atomic E-state index is 0.351. The molecule has 22 heavy (non-hydrogen) atoms. The lowest BCUT2D eigenvalue weighted by Crippen LogP contribution is -2.43. The van der Waals surface area contributed by atoms with Crippen molar-refractivity contribution in [2.24, 2.45) is 0 Å². The first kappa shape index (κ1) is 18.0. The first-order valence-corrected chi connectivity index (χ1v) is 7.92. The van der Waals surface area contributed by atoms with Gasteiger partial charge in [0, 0.05) is 6.07 Å². The van der Waals surface area contributed by atoms with Crippen molar-refractivity contribution < 1.29 is 24.2 Å². The molecule has 8 heteroatoms. The largest absolute Gasteiger partial charge is 0.497 e. The van der Waals surface area contributed by atoms with E-state index in [9.17, 15) is 9.59 Å². The molecule has 2 amide bonds. The van der Waals surface area contributed by atoms with Gasteiger partial charge >= 0.3 is 12.0 Å². The van der Waals surface area contributed by atoms with Crippen molar-refractivity contribution in [1.29, 1.82) is 0 Å². The maximum atomic E-state index is 11.9. The maximum absolute atomic E-state index is 11.9. The Balaban J connectivity index is 2.73. The second-order valence-electron chi connectivity index (χ2n) is 4.34. The third-order valence-electron chi connectivity index (χ3n) is 2.87. The second-order valence-corrected chi connectivity index (χ2v) is 5.32. The van der Waals surface area contributed by atoms with Crippen molar-refractivity contribution >= 4 is 29.4 Å². The number of aliphatic carboxylic acids is 1. The Morgan fingerprint density at radius 3 is 2.59 bits per heavy atom. The van der Waals surface area contributed by atoms with Crippen molar-refractivity contribution in [3.05, 3.63) is 18.2 Å². The second kappa shape index (κ2) is 9.04. The number of nitrogens with one attached hydrogen (secondary N) is 2. The molecule has 0 saturated carbocycles. The van der Waals surface area contributed by atoms with Crippen LogP contribution in [0.4, 0.5) is 10.5 Å². The summed E-state index contributed by atoms with van der Waals surface area (Å²) >= 11 is 1.52. The highest BCUT2D eigenvalue weighted by molar-refractivity contribution is 7.98. The molecule has 1 rings (SSSR count). The molecule has 0 aliphatic rings. The molecule has 3 N–H and O–H groups in total. The monoisotopic (exact) mass is 328 g/mol. The van der Waals surface area contributed by atoms with Crippen LogP contribution in [-0.4, -0.2) is 49.4 Å². The van der Waals surface area contributed by atoms with E-state index in [1.54, 1.807) is 18.2 Å². The maximum Gasteiger partial charge on any atom is 0.326 e. The highest BCUT2D eigenvalue weighted by Crippen LogP contribution is 2.28. The van der Waals surface area contributed by atoms with E-state index in [1.807, 2.05) is 6.26 Å². The number of carboxylic acids is 1. The zero-order valence-corrected chi connectivity index (χ0v) is 13.5. The Labute approximate surface area is 133 Å². The molecule has 0 saturated heterocycles. The minimum atomic E-state index is -1.06. The Morgan fingerprint density at radius 2 is 2.05 bits per heavy atom. The summed E-state index contributed by atoms with van der Waals surface area (Å²) < 4.78 is 10.2. The van der Waals surface area contributed by atoms with Crippen LogP contribution in [-0.2, 0) is 4.79 Å². The lowest BCUT2D eigenvalue weighted by atomic mass is 10.2. The fraction of sp³-hybridized carbons (Fsp3) is 0.429. The molecule has 122 valence electrons. The van der Waals surface area contributed by atoms with Crippen molar-refractivity contribution in [3.8, 4) is 11.5 Å². The van der Waals surface area contributed by atoms with Gasteiger partial charge in [-0.05, 0) is 30.6 Å². The number of hydrogen-bond donors (Lipinski definition) is 3. The number of carboxylic acid groups (broad SMARTS) is 1. The predicted octanol–water partition coefficient (Wildman–Crippen LogP) is 2.03. The first-order chi connectivity index (χ1) is 10.5. The molecule has 1 atom stereocenters. The van der Waals surface area contributed by atoms with Gasteiger partial charge in [0.05, 0.1) is 19.9 Å². The predicted molar refractivity (Wildman–Crippen MR) is 86.1 cm³/mol. The quantitative estimate of drug-likeness (QED) is 0.675. The summed E-state index contributed by atoms with van der Waals surface area (Å²) in [5.41, 5.74) is 0.426. The Bertz CT molecular complexity index is 524. The zero-order chi connectivity index (χ0) is 16.5. The van der Waals surface area contributed by atoms with E-state index in [2.05, 4.69) is 10.6 Å². The van der Waals surface area contributed by atoms with Crippen LogP contribution in [0.2, 0.25) is 0 Å². The summed E-state index contributed by atoms with van der Waals surface area (Å²) in [7, 11) is 2.99. The van der Waals surface area contributed by atoms with Crippen molar-refractivity contribution in [1.82, 2.24) is 5.32 Å². The summed E-state index contributed by atoms with van der Waals surface area (Å²) in [6, 6.07) is 3.38. The molecular weight excluding hydrogens is 308 g/mol. The van der Waals surface area contributed by atoms with Crippen LogP contribution in [0.3, 0.4) is 0 Å². The molecule has 1 aromatic rings. The normalized spacial score (nSPS) is 11.4. The van der Waals surface area contributed by atoms with Gasteiger partial charge in [-0.2, -0.15) is 11.8 Å². The molecule has 0 fully saturated rings. The van der Waals surface area contributed by atoms with Gasteiger partial charge in [0.2, 0.25) is 0 Å². The van der Waals surface area contributed by atoms with Crippen molar-refractivity contribution in [2.75, 3.05) is 31.5 Å². The van der Waals surface area contributed by atoms with Crippen LogP contribution in [0.5, 0.6) is 11.5 Å². The third-order valence-corrected chi connectivity index (χ3v) is 3.51. The van der Waals surface area contributed by atoms with E-state index < -0.39 is 18.0 Å². The molecule has 0 aliphatic carbocycles. The van der Waals surface area contributed by atoms with Crippen LogP contribution >= 0.6 is 11.8 Å². The minimum Gasteiger partial charge on any atom is -0.497 e. The highest BCUT2D eigenvalue weighted by atomic mass is 32.2.